The zero-order valence-corrected chi connectivity index (χ0v) is 20.4. The van der Waals surface area contributed by atoms with Gasteiger partial charge in [0.2, 0.25) is 0 Å². The van der Waals surface area contributed by atoms with Crippen LogP contribution in [0.1, 0.15) is 41.9 Å². The Bertz CT molecular complexity index is 1120. The van der Waals surface area contributed by atoms with Crippen molar-refractivity contribution in [1.82, 2.24) is 9.47 Å². The van der Waals surface area contributed by atoms with Crippen molar-refractivity contribution in [3.05, 3.63) is 64.3 Å². The lowest BCUT2D eigenvalue weighted by atomic mass is 10.1. The van der Waals surface area contributed by atoms with Crippen molar-refractivity contribution in [3.8, 4) is 5.75 Å². The second kappa shape index (κ2) is 11.3. The molecule has 3 aromatic rings. The molecule has 0 unspecified atom stereocenters. The Morgan fingerprint density at radius 1 is 1.06 bits per heavy atom. The molecule has 0 saturated carbocycles. The first kappa shape index (κ1) is 24.8. The predicted octanol–water partition coefficient (Wildman–Crippen LogP) is 5.12. The van der Waals surface area contributed by atoms with Gasteiger partial charge in [-0.15, -0.1) is 0 Å². The summed E-state index contributed by atoms with van der Waals surface area (Å²) in [6.45, 7) is 9.31. The first-order valence-corrected chi connectivity index (χ1v) is 11.6. The predicted molar refractivity (Wildman–Crippen MR) is 131 cm³/mol. The largest absolute Gasteiger partial charge is 0.497 e. The van der Waals surface area contributed by atoms with Crippen LogP contribution in [0.15, 0.2) is 42.5 Å². The SMILES string of the molecule is CCN(CC)CCCOC(=O)Cc1c(C)n(C(=O)c2ccc(Cl)cc2)c2ccc(OC)cc12. The third kappa shape index (κ3) is 5.75. The van der Waals surface area contributed by atoms with Gasteiger partial charge in [0.1, 0.15) is 5.75 Å². The summed E-state index contributed by atoms with van der Waals surface area (Å²) in [7, 11) is 1.59. The molecule has 7 heteroatoms. The standard InChI is InChI=1S/C26H31ClN2O4/c1-5-28(6-2)14-7-15-33-25(30)17-22-18(3)29(24-13-12-21(32-4)16-23(22)24)26(31)19-8-10-20(27)11-9-19/h8-13,16H,5-7,14-15,17H2,1-4H3. The fraction of sp³-hybridized carbons (Fsp3) is 0.385. The van der Waals surface area contributed by atoms with Crippen LogP contribution in [0.5, 0.6) is 5.75 Å². The van der Waals surface area contributed by atoms with E-state index in [2.05, 4.69) is 18.7 Å². The van der Waals surface area contributed by atoms with Crippen LogP contribution in [-0.2, 0) is 16.0 Å². The lowest BCUT2D eigenvalue weighted by Crippen LogP contribution is -2.25. The number of ether oxygens (including phenoxy) is 2. The first-order valence-electron chi connectivity index (χ1n) is 11.3. The molecule has 176 valence electrons. The van der Waals surface area contributed by atoms with Crippen LogP contribution >= 0.6 is 11.6 Å². The lowest BCUT2D eigenvalue weighted by molar-refractivity contribution is -0.143. The zero-order chi connectivity index (χ0) is 24.0. The Hall–Kier alpha value is -2.83. The molecule has 0 aliphatic rings. The zero-order valence-electron chi connectivity index (χ0n) is 19.7. The number of rotatable bonds is 10. The molecule has 33 heavy (non-hydrogen) atoms. The van der Waals surface area contributed by atoms with Crippen molar-refractivity contribution in [3.63, 3.8) is 0 Å². The van der Waals surface area contributed by atoms with E-state index in [-0.39, 0.29) is 18.3 Å². The molecule has 0 amide bonds. The van der Waals surface area contributed by atoms with E-state index in [1.165, 1.54) is 0 Å². The molecule has 0 fully saturated rings. The van der Waals surface area contributed by atoms with E-state index in [0.29, 0.717) is 28.6 Å². The summed E-state index contributed by atoms with van der Waals surface area (Å²) >= 11 is 5.98. The minimum atomic E-state index is -0.307. The molecular weight excluding hydrogens is 440 g/mol. The van der Waals surface area contributed by atoms with Gasteiger partial charge in [0, 0.05) is 28.2 Å². The van der Waals surface area contributed by atoms with Crippen LogP contribution in [0.4, 0.5) is 0 Å². The van der Waals surface area contributed by atoms with Crippen molar-refractivity contribution in [2.75, 3.05) is 33.4 Å². The van der Waals surface area contributed by atoms with E-state index in [1.807, 2.05) is 25.1 Å². The summed E-state index contributed by atoms with van der Waals surface area (Å²) in [5.74, 6) is 0.170. The molecule has 2 aromatic carbocycles. The number of fused-ring (bicyclic) bond motifs is 1. The summed E-state index contributed by atoms with van der Waals surface area (Å²) < 4.78 is 12.5. The topological polar surface area (TPSA) is 60.8 Å². The fourth-order valence-corrected chi connectivity index (χ4v) is 4.13. The van der Waals surface area contributed by atoms with Crippen molar-refractivity contribution in [1.29, 1.82) is 0 Å². The number of nitrogens with zero attached hydrogens (tertiary/aromatic N) is 2. The lowest BCUT2D eigenvalue weighted by Gasteiger charge is -2.17. The molecule has 0 spiro atoms. The number of aromatic nitrogens is 1. The quantitative estimate of drug-likeness (QED) is 0.304. The summed E-state index contributed by atoms with van der Waals surface area (Å²) in [4.78, 5) is 28.3. The van der Waals surface area contributed by atoms with Gasteiger partial charge in [0.05, 0.1) is 25.7 Å². The average molecular weight is 471 g/mol. The molecule has 0 aliphatic heterocycles. The van der Waals surface area contributed by atoms with E-state index in [1.54, 1.807) is 35.9 Å². The van der Waals surface area contributed by atoms with Crippen molar-refractivity contribution < 1.29 is 19.1 Å². The number of carbonyl (C=O) groups excluding carboxylic acids is 2. The third-order valence-electron chi connectivity index (χ3n) is 5.93. The van der Waals surface area contributed by atoms with Crippen LogP contribution in [0.2, 0.25) is 5.02 Å². The molecule has 1 heterocycles. The maximum absolute atomic E-state index is 13.3. The highest BCUT2D eigenvalue weighted by atomic mass is 35.5. The maximum Gasteiger partial charge on any atom is 0.310 e. The number of methoxy groups -OCH3 is 1. The summed E-state index contributed by atoms with van der Waals surface area (Å²) in [6, 6.07) is 12.3. The highest BCUT2D eigenvalue weighted by Gasteiger charge is 2.22. The second-order valence-electron chi connectivity index (χ2n) is 7.87. The van der Waals surface area contributed by atoms with Crippen LogP contribution in [0, 0.1) is 6.92 Å². The maximum atomic E-state index is 13.3. The van der Waals surface area contributed by atoms with Gasteiger partial charge in [0.15, 0.2) is 0 Å². The number of carbonyl (C=O) groups is 2. The van der Waals surface area contributed by atoms with E-state index in [4.69, 9.17) is 21.1 Å². The highest BCUT2D eigenvalue weighted by Crippen LogP contribution is 2.31. The number of esters is 1. The van der Waals surface area contributed by atoms with Crippen molar-refractivity contribution in [2.24, 2.45) is 0 Å². The molecule has 0 aliphatic carbocycles. The van der Waals surface area contributed by atoms with Gasteiger partial charge < -0.3 is 14.4 Å². The molecule has 0 radical (unpaired) electrons. The Kier molecular flexibility index (Phi) is 8.53. The molecule has 0 atom stereocenters. The molecule has 6 nitrogen and oxygen atoms in total. The average Bonchev–Trinajstić information content (AvgIpc) is 3.09. The number of hydrogen-bond donors (Lipinski definition) is 0. The number of benzene rings is 2. The van der Waals surface area contributed by atoms with Gasteiger partial charge in [-0.05, 0) is 74.5 Å². The smallest absolute Gasteiger partial charge is 0.310 e. The first-order chi connectivity index (χ1) is 15.9. The Labute approximate surface area is 200 Å². The molecule has 0 bridgehead atoms. The molecule has 0 saturated heterocycles. The Balaban J connectivity index is 1.86. The van der Waals surface area contributed by atoms with Crippen molar-refractivity contribution >= 4 is 34.4 Å². The Morgan fingerprint density at radius 2 is 1.76 bits per heavy atom. The van der Waals surface area contributed by atoms with Crippen LogP contribution < -0.4 is 4.74 Å². The minimum Gasteiger partial charge on any atom is -0.497 e. The van der Waals surface area contributed by atoms with Crippen LogP contribution in [0.3, 0.4) is 0 Å². The molecule has 0 N–H and O–H groups in total. The fourth-order valence-electron chi connectivity index (χ4n) is 4.01. The second-order valence-corrected chi connectivity index (χ2v) is 8.31. The monoisotopic (exact) mass is 470 g/mol. The van der Waals surface area contributed by atoms with Crippen LogP contribution in [-0.4, -0.2) is 54.7 Å². The van der Waals surface area contributed by atoms with Gasteiger partial charge in [-0.3, -0.25) is 14.2 Å². The van der Waals surface area contributed by atoms with Gasteiger partial charge in [0.25, 0.3) is 5.91 Å². The van der Waals surface area contributed by atoms with Gasteiger partial charge in [-0.25, -0.2) is 0 Å². The molecule has 1 aromatic heterocycles. The molecule has 3 rings (SSSR count). The van der Waals surface area contributed by atoms with Crippen LogP contribution in [0.25, 0.3) is 10.9 Å². The van der Waals surface area contributed by atoms with Crippen molar-refractivity contribution in [2.45, 2.75) is 33.6 Å². The summed E-state index contributed by atoms with van der Waals surface area (Å²) in [5.41, 5.74) is 2.71. The molecular formula is C26H31ClN2O4. The van der Waals surface area contributed by atoms with E-state index in [9.17, 15) is 9.59 Å². The number of halogens is 1. The normalized spacial score (nSPS) is 11.2. The van der Waals surface area contributed by atoms with Gasteiger partial charge in [-0.1, -0.05) is 25.4 Å². The third-order valence-corrected chi connectivity index (χ3v) is 6.19. The number of hydrogen-bond acceptors (Lipinski definition) is 5. The van der Waals surface area contributed by atoms with E-state index < -0.39 is 0 Å². The van der Waals surface area contributed by atoms with Gasteiger partial charge >= 0.3 is 5.97 Å². The van der Waals surface area contributed by atoms with Gasteiger partial charge in [-0.2, -0.15) is 0 Å². The van der Waals surface area contributed by atoms with E-state index in [0.717, 1.165) is 42.5 Å². The summed E-state index contributed by atoms with van der Waals surface area (Å²) in [5, 5.41) is 1.36. The highest BCUT2D eigenvalue weighted by molar-refractivity contribution is 6.30. The summed E-state index contributed by atoms with van der Waals surface area (Å²) in [6.07, 6.45) is 0.874. The minimum absolute atomic E-state index is 0.0850. The van der Waals surface area contributed by atoms with E-state index >= 15 is 0 Å². The Morgan fingerprint density at radius 3 is 2.39 bits per heavy atom.